The van der Waals surface area contributed by atoms with Crippen LogP contribution in [-0.2, 0) is 4.57 Å². The molecule has 1 aromatic heterocycles. The largest absolute Gasteiger partial charge is 0.309 e. The van der Waals surface area contributed by atoms with Crippen LogP contribution in [0, 0.1) is 0 Å². The van der Waals surface area contributed by atoms with Crippen molar-refractivity contribution in [1.29, 1.82) is 0 Å². The van der Waals surface area contributed by atoms with E-state index in [2.05, 4.69) is 6.58 Å². The van der Waals surface area contributed by atoms with E-state index >= 15 is 0 Å². The molecule has 0 saturated carbocycles. The quantitative estimate of drug-likeness (QED) is 0.427. The molecule has 0 aliphatic heterocycles. The molecule has 2 aromatic carbocycles. The first-order chi connectivity index (χ1) is 11.6. The van der Waals surface area contributed by atoms with Crippen LogP contribution in [0.15, 0.2) is 95.7 Å². The lowest BCUT2D eigenvalue weighted by Crippen LogP contribution is -2.17. The second kappa shape index (κ2) is 7.17. The van der Waals surface area contributed by atoms with Gasteiger partial charge in [0.2, 0.25) is 0 Å². The molecule has 0 aliphatic rings. The third-order valence-corrected chi connectivity index (χ3v) is 7.58. The fraction of sp³-hybridized carbons (Fsp3) is 0.0476. The Morgan fingerprint density at radius 1 is 0.958 bits per heavy atom. The van der Waals surface area contributed by atoms with Gasteiger partial charge in [-0.2, -0.15) is 11.3 Å². The highest BCUT2D eigenvalue weighted by atomic mass is 32.1. The predicted molar refractivity (Wildman–Crippen MR) is 107 cm³/mol. The van der Waals surface area contributed by atoms with Crippen LogP contribution < -0.4 is 10.6 Å². The van der Waals surface area contributed by atoms with Crippen molar-refractivity contribution < 1.29 is 4.57 Å². The van der Waals surface area contributed by atoms with Gasteiger partial charge in [0.25, 0.3) is 0 Å². The van der Waals surface area contributed by atoms with Crippen LogP contribution in [0.3, 0.4) is 0 Å². The molecule has 1 heterocycles. The van der Waals surface area contributed by atoms with E-state index in [0.717, 1.165) is 27.1 Å². The van der Waals surface area contributed by atoms with Crippen LogP contribution >= 0.6 is 18.5 Å². The average Bonchev–Trinajstić information content (AvgIpc) is 3.15. The van der Waals surface area contributed by atoms with E-state index in [1.54, 1.807) is 11.3 Å². The Balaban J connectivity index is 2.32. The molecule has 3 rings (SSSR count). The molecule has 1 nitrogen and oxygen atoms in total. The second-order valence-corrected chi connectivity index (χ2v) is 9.18. The highest BCUT2D eigenvalue weighted by Crippen LogP contribution is 2.57. The Kier molecular flexibility index (Phi) is 4.99. The first kappa shape index (κ1) is 16.7. The Morgan fingerprint density at radius 3 is 1.92 bits per heavy atom. The molecule has 0 amide bonds. The normalized spacial score (nSPS) is 12.1. The SMILES string of the molecule is C=C(C)/C=C(\c1ccsc1)P(=O)(c1ccccc1)c1ccccc1. The fourth-order valence-electron chi connectivity index (χ4n) is 2.70. The topological polar surface area (TPSA) is 17.1 Å². The van der Waals surface area contributed by atoms with E-state index in [-0.39, 0.29) is 0 Å². The van der Waals surface area contributed by atoms with Crippen molar-refractivity contribution in [2.24, 2.45) is 0 Å². The molecule has 0 aliphatic carbocycles. The van der Waals surface area contributed by atoms with Crippen LogP contribution in [0.2, 0.25) is 0 Å². The minimum absolute atomic E-state index is 0.841. The van der Waals surface area contributed by atoms with Crippen LogP contribution in [0.1, 0.15) is 12.5 Å². The van der Waals surface area contributed by atoms with Crippen molar-refractivity contribution in [2.75, 3.05) is 0 Å². The van der Waals surface area contributed by atoms with Crippen molar-refractivity contribution in [1.82, 2.24) is 0 Å². The maximum atomic E-state index is 14.4. The summed E-state index contributed by atoms with van der Waals surface area (Å²) >= 11 is 1.61. The molecule has 0 N–H and O–H groups in total. The number of hydrogen-bond acceptors (Lipinski definition) is 2. The lowest BCUT2D eigenvalue weighted by atomic mass is 10.2. The Hall–Kier alpha value is -2.15. The van der Waals surface area contributed by atoms with Crippen LogP contribution in [0.4, 0.5) is 0 Å². The van der Waals surface area contributed by atoms with E-state index in [4.69, 9.17) is 0 Å². The van der Waals surface area contributed by atoms with E-state index in [1.165, 1.54) is 0 Å². The van der Waals surface area contributed by atoms with E-state index in [1.807, 2.05) is 90.5 Å². The molecule has 0 fully saturated rings. The summed E-state index contributed by atoms with van der Waals surface area (Å²) in [6, 6.07) is 21.5. The molecule has 3 heteroatoms. The number of allylic oxidation sites excluding steroid dienone is 2. The number of hydrogen-bond donors (Lipinski definition) is 0. The number of thiophene rings is 1. The van der Waals surface area contributed by atoms with E-state index < -0.39 is 7.14 Å². The number of benzene rings is 2. The molecule has 0 radical (unpaired) electrons. The molecule has 120 valence electrons. The van der Waals surface area contributed by atoms with Crippen LogP contribution in [0.5, 0.6) is 0 Å². The molecule has 24 heavy (non-hydrogen) atoms. The third kappa shape index (κ3) is 3.21. The lowest BCUT2D eigenvalue weighted by molar-refractivity contribution is 0.593. The highest BCUT2D eigenvalue weighted by Gasteiger charge is 2.32. The maximum Gasteiger partial charge on any atom is 0.171 e. The smallest absolute Gasteiger partial charge is 0.171 e. The first-order valence-electron chi connectivity index (χ1n) is 7.74. The van der Waals surface area contributed by atoms with Gasteiger partial charge in [0.05, 0.1) is 0 Å². The van der Waals surface area contributed by atoms with Gasteiger partial charge in [-0.1, -0.05) is 72.8 Å². The number of rotatable bonds is 5. The van der Waals surface area contributed by atoms with Crippen LogP contribution in [0.25, 0.3) is 5.31 Å². The molecule has 0 unspecified atom stereocenters. The summed E-state index contributed by atoms with van der Waals surface area (Å²) in [6.45, 7) is 5.95. The molecule has 3 aromatic rings. The van der Waals surface area contributed by atoms with Crippen molar-refractivity contribution in [3.05, 3.63) is 101 Å². The first-order valence-corrected chi connectivity index (χ1v) is 10.4. The zero-order valence-electron chi connectivity index (χ0n) is 13.6. The van der Waals surface area contributed by atoms with E-state index in [0.29, 0.717) is 0 Å². The Bertz CT molecular complexity index is 850. The standard InChI is InChI=1S/C21H19OPS/c1-17(2)15-21(18-13-14-24-16-18)23(22,19-9-5-3-6-10-19)20-11-7-4-8-12-20/h3-16H,1H2,2H3/b21-15+. The van der Waals surface area contributed by atoms with Gasteiger partial charge in [-0.25, -0.2) is 0 Å². The summed E-state index contributed by atoms with van der Waals surface area (Å²) in [5.74, 6) is 0. The highest BCUT2D eigenvalue weighted by molar-refractivity contribution is 7.87. The van der Waals surface area contributed by atoms with Gasteiger partial charge in [0.15, 0.2) is 7.14 Å². The Labute approximate surface area is 147 Å². The van der Waals surface area contributed by atoms with Gasteiger partial charge in [-0.15, -0.1) is 0 Å². The maximum absolute atomic E-state index is 14.4. The minimum Gasteiger partial charge on any atom is -0.309 e. The van der Waals surface area contributed by atoms with Gasteiger partial charge >= 0.3 is 0 Å². The van der Waals surface area contributed by atoms with Crippen molar-refractivity contribution >= 4 is 34.4 Å². The second-order valence-electron chi connectivity index (χ2n) is 5.67. The van der Waals surface area contributed by atoms with Gasteiger partial charge in [-0.3, -0.25) is 0 Å². The van der Waals surface area contributed by atoms with Crippen molar-refractivity contribution in [3.8, 4) is 0 Å². The fourth-order valence-corrected chi connectivity index (χ4v) is 6.39. The molecule has 0 saturated heterocycles. The molecule has 0 spiro atoms. The predicted octanol–water partition coefficient (Wildman–Crippen LogP) is 5.68. The summed E-state index contributed by atoms with van der Waals surface area (Å²) in [7, 11) is -2.97. The monoisotopic (exact) mass is 350 g/mol. The van der Waals surface area contributed by atoms with Gasteiger partial charge in [-0.05, 0) is 35.4 Å². The van der Waals surface area contributed by atoms with Crippen LogP contribution in [-0.4, -0.2) is 0 Å². The summed E-state index contributed by atoms with van der Waals surface area (Å²) < 4.78 is 14.4. The molecular formula is C21H19OPS. The Morgan fingerprint density at radius 2 is 1.50 bits per heavy atom. The summed E-state index contributed by atoms with van der Waals surface area (Å²) in [6.07, 6.45) is 1.96. The lowest BCUT2D eigenvalue weighted by Gasteiger charge is -2.22. The summed E-state index contributed by atoms with van der Waals surface area (Å²) in [5, 5.41) is 6.59. The summed E-state index contributed by atoms with van der Waals surface area (Å²) in [5.41, 5.74) is 1.89. The molecule has 0 atom stereocenters. The van der Waals surface area contributed by atoms with Gasteiger partial charge in [0, 0.05) is 15.9 Å². The van der Waals surface area contributed by atoms with Gasteiger partial charge in [0.1, 0.15) is 0 Å². The zero-order valence-corrected chi connectivity index (χ0v) is 15.3. The van der Waals surface area contributed by atoms with Gasteiger partial charge < -0.3 is 4.57 Å². The summed E-state index contributed by atoms with van der Waals surface area (Å²) in [4.78, 5) is 0. The zero-order chi connectivity index (χ0) is 17.0. The van der Waals surface area contributed by atoms with E-state index in [9.17, 15) is 4.57 Å². The minimum atomic E-state index is -2.97. The molecular weight excluding hydrogens is 331 g/mol. The van der Waals surface area contributed by atoms with Crippen molar-refractivity contribution in [2.45, 2.75) is 6.92 Å². The van der Waals surface area contributed by atoms with Crippen molar-refractivity contribution in [3.63, 3.8) is 0 Å². The third-order valence-electron chi connectivity index (χ3n) is 3.78. The average molecular weight is 350 g/mol. The molecule has 0 bridgehead atoms.